The van der Waals surface area contributed by atoms with Gasteiger partial charge < -0.3 is 15.2 Å². The second-order valence-corrected chi connectivity index (χ2v) is 12.2. The van der Waals surface area contributed by atoms with Gasteiger partial charge in [0.05, 0.1) is 28.2 Å². The molecule has 0 saturated carbocycles. The zero-order chi connectivity index (χ0) is 37.1. The van der Waals surface area contributed by atoms with Crippen molar-refractivity contribution >= 4 is 55.0 Å². The van der Waals surface area contributed by atoms with E-state index in [4.69, 9.17) is 15.2 Å². The van der Waals surface area contributed by atoms with E-state index in [-0.39, 0.29) is 63.3 Å². The molecule has 5 aromatic carbocycles. The average Bonchev–Trinajstić information content (AvgIpc) is 3.08. The zero-order valence-corrected chi connectivity index (χ0v) is 35.4. The van der Waals surface area contributed by atoms with E-state index < -0.39 is 0 Å². The number of pyridine rings is 1. The van der Waals surface area contributed by atoms with E-state index in [1.807, 2.05) is 37.4 Å². The fourth-order valence-electron chi connectivity index (χ4n) is 5.32. The van der Waals surface area contributed by atoms with Crippen molar-refractivity contribution in [2.45, 2.75) is 48.5 Å². The predicted molar refractivity (Wildman–Crippen MR) is 208 cm³/mol. The maximum absolute atomic E-state index is 10.0. The maximum Gasteiger partial charge on any atom is 0.155 e. The van der Waals surface area contributed by atoms with E-state index in [2.05, 4.69) is 103 Å². The van der Waals surface area contributed by atoms with Gasteiger partial charge in [0, 0.05) is 64.1 Å². The van der Waals surface area contributed by atoms with Crippen LogP contribution in [0.4, 0.5) is 0 Å². The van der Waals surface area contributed by atoms with Crippen LogP contribution in [0.2, 0.25) is 0 Å². The van der Waals surface area contributed by atoms with Gasteiger partial charge >= 0.3 is 0 Å². The van der Waals surface area contributed by atoms with Crippen LogP contribution < -0.4 is 0 Å². The molecule has 9 heteroatoms. The van der Waals surface area contributed by atoms with Crippen LogP contribution in [0.1, 0.15) is 44.5 Å². The summed E-state index contributed by atoms with van der Waals surface area (Å²) in [6, 6.07) is 37.6. The van der Waals surface area contributed by atoms with E-state index in [0.29, 0.717) is 0 Å². The molecule has 0 bridgehead atoms. The Morgan fingerprint density at radius 3 is 1.85 bits per heavy atom. The van der Waals surface area contributed by atoms with Crippen LogP contribution >= 0.6 is 0 Å². The molecule has 0 aliphatic carbocycles. The van der Waals surface area contributed by atoms with Crippen molar-refractivity contribution in [1.29, 1.82) is 0 Å². The van der Waals surface area contributed by atoms with E-state index >= 15 is 0 Å². The molecule has 0 unspecified atom stereocenters. The number of aryl methyl sites for hydroxylation is 3. The number of ketones is 2. The quantitative estimate of drug-likeness (QED) is 0.0784. The molecule has 0 atom stereocenters. The minimum atomic E-state index is -0.125. The van der Waals surface area contributed by atoms with Crippen LogP contribution in [0, 0.1) is 32.9 Å². The average molecular weight is 1060 g/mol. The standard InChI is InChI=1S/C17H11N2.C17H14N.2C5H8O2.2Ir/c1-11-10-18-16-14-8-4-2-6-12(14)13-7-3-5-9-15(13)17(16)19-11;1-12-4-3-5-15(10-12)16-9-8-14-7-6-13(2)11-17(14)18-16;2*1-4(6)3-5(2)7;;/h2-7,9-10H,1H3;3-4,6-11H,1-2H3;2*3,6H,1-2H3;;/q2*-1;;;;. The van der Waals surface area contributed by atoms with Gasteiger partial charge in [-0.1, -0.05) is 66.2 Å². The molecule has 7 nitrogen and oxygen atoms in total. The first-order chi connectivity index (χ1) is 24.3. The summed E-state index contributed by atoms with van der Waals surface area (Å²) >= 11 is 0. The molecule has 0 aliphatic heterocycles. The minimum Gasteiger partial charge on any atom is -0.512 e. The molecular weight excluding hydrogens is 1020 g/mol. The van der Waals surface area contributed by atoms with Crippen molar-refractivity contribution in [3.05, 3.63) is 150 Å². The first-order valence-electron chi connectivity index (χ1n) is 16.4. The topological polar surface area (TPSA) is 113 Å². The van der Waals surface area contributed by atoms with Crippen molar-refractivity contribution in [1.82, 2.24) is 15.0 Å². The number of carbonyl (C=O) groups is 2. The summed E-state index contributed by atoms with van der Waals surface area (Å²) in [6.07, 6.45) is 4.15. The summed E-state index contributed by atoms with van der Waals surface area (Å²) in [6.45, 7) is 11.8. The molecule has 0 spiro atoms. The van der Waals surface area contributed by atoms with Crippen molar-refractivity contribution in [2.75, 3.05) is 0 Å². The van der Waals surface area contributed by atoms with Crippen LogP contribution in [0.15, 0.2) is 121 Å². The van der Waals surface area contributed by atoms with Crippen LogP contribution in [-0.4, -0.2) is 36.7 Å². The smallest absolute Gasteiger partial charge is 0.155 e. The molecule has 0 amide bonds. The number of aliphatic hydroxyl groups excluding tert-OH is 2. The number of benzene rings is 5. The summed E-state index contributed by atoms with van der Waals surface area (Å²) < 4.78 is 0. The fourth-order valence-corrected chi connectivity index (χ4v) is 5.32. The van der Waals surface area contributed by atoms with Crippen LogP contribution in [0.3, 0.4) is 0 Å². The van der Waals surface area contributed by atoms with Crippen molar-refractivity contribution in [3.8, 4) is 11.3 Å². The molecule has 7 rings (SSSR count). The molecule has 2 heterocycles. The number of rotatable bonds is 3. The largest absolute Gasteiger partial charge is 0.512 e. The van der Waals surface area contributed by atoms with Crippen LogP contribution in [0.5, 0.6) is 0 Å². The maximum atomic E-state index is 10.0. The van der Waals surface area contributed by atoms with Gasteiger partial charge in [-0.2, -0.15) is 0 Å². The summed E-state index contributed by atoms with van der Waals surface area (Å²) in [7, 11) is 0. The molecular formula is C44H41Ir2N3O4-2. The molecule has 0 aliphatic rings. The van der Waals surface area contributed by atoms with Crippen molar-refractivity contribution < 1.29 is 60.0 Å². The molecule has 0 fully saturated rings. The summed E-state index contributed by atoms with van der Waals surface area (Å²) in [5, 5.41) is 22.5. The third-order valence-corrected chi connectivity index (χ3v) is 7.36. The normalized spacial score (nSPS) is 10.8. The molecule has 2 radical (unpaired) electrons. The molecule has 2 aromatic heterocycles. The number of hydrogen-bond donors (Lipinski definition) is 2. The summed E-state index contributed by atoms with van der Waals surface area (Å²) in [5.74, 6) is -0.125. The second-order valence-electron chi connectivity index (χ2n) is 12.2. The van der Waals surface area contributed by atoms with E-state index in [9.17, 15) is 9.59 Å². The Bertz CT molecular complexity index is 2350. The van der Waals surface area contributed by atoms with Gasteiger partial charge in [0.2, 0.25) is 0 Å². The van der Waals surface area contributed by atoms with E-state index in [1.165, 1.54) is 67.1 Å². The van der Waals surface area contributed by atoms with Crippen molar-refractivity contribution in [2.24, 2.45) is 0 Å². The minimum absolute atomic E-state index is 0. The molecule has 2 N–H and O–H groups in total. The molecule has 276 valence electrons. The first kappa shape index (κ1) is 44.3. The van der Waals surface area contributed by atoms with Gasteiger partial charge in [-0.05, 0) is 69.6 Å². The number of aromatic nitrogens is 3. The molecule has 0 saturated heterocycles. The van der Waals surface area contributed by atoms with E-state index in [0.717, 1.165) is 44.3 Å². The number of hydrogen-bond acceptors (Lipinski definition) is 7. The summed E-state index contributed by atoms with van der Waals surface area (Å²) in [5.41, 5.74) is 8.38. The summed E-state index contributed by atoms with van der Waals surface area (Å²) in [4.78, 5) is 34.0. The monoisotopic (exact) mass is 1060 g/mol. The Balaban J connectivity index is 0.000000266. The Hall–Kier alpha value is -4.91. The first-order valence-corrected chi connectivity index (χ1v) is 16.4. The van der Waals surface area contributed by atoms with Gasteiger partial charge in [0.15, 0.2) is 11.6 Å². The number of carbonyl (C=O) groups excluding carboxylic acids is 2. The number of allylic oxidation sites excluding steroid dienone is 4. The molecule has 53 heavy (non-hydrogen) atoms. The SMILES string of the molecule is CC(=O)C=C(C)O.CC(=O)C=C(C)O.Cc1cc[c-]c(-c2ccc3ccc(C)cc3n2)c1.Cc1cnc2c3[c-]cccc3c3ccccc3c2n1.[Ir].[Ir]. The van der Waals surface area contributed by atoms with Gasteiger partial charge in [0.1, 0.15) is 0 Å². The molecule has 7 aromatic rings. The third kappa shape index (κ3) is 12.9. The van der Waals surface area contributed by atoms with Crippen molar-refractivity contribution in [3.63, 3.8) is 0 Å². The number of aliphatic hydroxyl groups is 2. The van der Waals surface area contributed by atoms with Gasteiger partial charge in [-0.25, -0.2) is 0 Å². The van der Waals surface area contributed by atoms with Crippen LogP contribution in [-0.2, 0) is 49.8 Å². The third-order valence-electron chi connectivity index (χ3n) is 7.36. The van der Waals surface area contributed by atoms with Gasteiger partial charge in [0.25, 0.3) is 0 Å². The Labute approximate surface area is 337 Å². The Morgan fingerprint density at radius 2 is 1.25 bits per heavy atom. The van der Waals surface area contributed by atoms with E-state index in [1.54, 1.807) is 0 Å². The van der Waals surface area contributed by atoms with Crippen LogP contribution in [0.25, 0.3) is 54.7 Å². The number of fused-ring (bicyclic) bond motifs is 7. The Morgan fingerprint density at radius 1 is 0.642 bits per heavy atom. The zero-order valence-electron chi connectivity index (χ0n) is 30.6. The van der Waals surface area contributed by atoms with Gasteiger partial charge in [-0.15, -0.1) is 65.0 Å². The van der Waals surface area contributed by atoms with Gasteiger partial charge in [-0.3, -0.25) is 19.6 Å². The Kier molecular flexibility index (Phi) is 17.5. The second kappa shape index (κ2) is 21.0. The predicted octanol–water partition coefficient (Wildman–Crippen LogP) is 10.4. The fraction of sp³-hybridized carbons (Fsp3) is 0.159. The number of nitrogens with zero attached hydrogens (tertiary/aromatic N) is 3.